The monoisotopic (exact) mass is 435 g/mol. The molecule has 2 aliphatic rings. The SMILES string of the molecule is C=Cc1c2c(cn1C)CC1C(CC(CNC)CN1C)/C2=C/C.O=COCc1ccccc1. The lowest BCUT2D eigenvalue weighted by molar-refractivity contribution is -0.129. The van der Waals surface area contributed by atoms with Crippen molar-refractivity contribution < 1.29 is 9.53 Å². The van der Waals surface area contributed by atoms with Crippen molar-refractivity contribution >= 4 is 18.1 Å². The van der Waals surface area contributed by atoms with Gasteiger partial charge in [-0.3, -0.25) is 4.79 Å². The van der Waals surface area contributed by atoms with Gasteiger partial charge in [0.25, 0.3) is 6.47 Å². The number of ether oxygens (including phenoxy) is 1. The Bertz CT molecular complexity index is 932. The molecule has 1 aromatic heterocycles. The molecule has 0 amide bonds. The summed E-state index contributed by atoms with van der Waals surface area (Å²) in [5, 5.41) is 3.37. The fourth-order valence-corrected chi connectivity index (χ4v) is 5.43. The summed E-state index contributed by atoms with van der Waals surface area (Å²) in [6.45, 7) is 9.37. The fourth-order valence-electron chi connectivity index (χ4n) is 5.43. The number of carbonyl (C=O) groups excluding carboxylic acids is 1. The average molecular weight is 436 g/mol. The van der Waals surface area contributed by atoms with Crippen molar-refractivity contribution in [3.63, 3.8) is 0 Å². The molecule has 5 heteroatoms. The first-order valence-electron chi connectivity index (χ1n) is 11.4. The van der Waals surface area contributed by atoms with E-state index in [4.69, 9.17) is 0 Å². The summed E-state index contributed by atoms with van der Waals surface area (Å²) in [6.07, 6.45) is 9.13. The van der Waals surface area contributed by atoms with Crippen molar-refractivity contribution in [2.24, 2.45) is 18.9 Å². The van der Waals surface area contributed by atoms with E-state index in [-0.39, 0.29) is 0 Å². The highest BCUT2D eigenvalue weighted by Crippen LogP contribution is 2.45. The van der Waals surface area contributed by atoms with E-state index < -0.39 is 0 Å². The van der Waals surface area contributed by atoms with Gasteiger partial charge in [0.2, 0.25) is 0 Å². The van der Waals surface area contributed by atoms with E-state index in [2.05, 4.69) is 66.4 Å². The first-order chi connectivity index (χ1) is 15.5. The quantitative estimate of drug-likeness (QED) is 0.693. The van der Waals surface area contributed by atoms with Crippen LogP contribution in [0.3, 0.4) is 0 Å². The summed E-state index contributed by atoms with van der Waals surface area (Å²) < 4.78 is 6.78. The zero-order valence-electron chi connectivity index (χ0n) is 19.9. The minimum Gasteiger partial charge on any atom is -0.463 e. The van der Waals surface area contributed by atoms with Gasteiger partial charge in [0.05, 0.1) is 0 Å². The van der Waals surface area contributed by atoms with Crippen molar-refractivity contribution in [3.8, 4) is 0 Å². The molecule has 0 saturated carbocycles. The normalized spacial score (nSPS) is 23.5. The van der Waals surface area contributed by atoms with Gasteiger partial charge in [0.1, 0.15) is 6.61 Å². The molecule has 1 N–H and O–H groups in total. The van der Waals surface area contributed by atoms with Crippen LogP contribution in [0, 0.1) is 11.8 Å². The molecule has 1 aliphatic heterocycles. The Kier molecular flexibility index (Phi) is 8.48. The van der Waals surface area contributed by atoms with Crippen LogP contribution >= 0.6 is 0 Å². The number of hydrogen-bond acceptors (Lipinski definition) is 4. The van der Waals surface area contributed by atoms with Gasteiger partial charge in [0, 0.05) is 43.0 Å². The number of likely N-dealkylation sites (tertiary alicyclic amines) is 1. The van der Waals surface area contributed by atoms with Gasteiger partial charge >= 0.3 is 0 Å². The highest BCUT2D eigenvalue weighted by atomic mass is 16.5. The molecule has 5 nitrogen and oxygen atoms in total. The Labute approximate surface area is 192 Å². The van der Waals surface area contributed by atoms with E-state index in [1.807, 2.05) is 36.4 Å². The Morgan fingerprint density at radius 3 is 2.62 bits per heavy atom. The summed E-state index contributed by atoms with van der Waals surface area (Å²) in [5.41, 5.74) is 6.77. The summed E-state index contributed by atoms with van der Waals surface area (Å²) in [6, 6.07) is 10.2. The first kappa shape index (κ1) is 24.0. The molecule has 0 spiro atoms. The summed E-state index contributed by atoms with van der Waals surface area (Å²) in [7, 11) is 6.50. The van der Waals surface area contributed by atoms with Crippen molar-refractivity contribution in [3.05, 3.63) is 71.6 Å². The predicted molar refractivity (Wildman–Crippen MR) is 132 cm³/mol. The molecular weight excluding hydrogens is 398 g/mol. The molecule has 2 aromatic rings. The lowest BCUT2D eigenvalue weighted by atomic mass is 9.70. The second-order valence-electron chi connectivity index (χ2n) is 8.84. The maximum atomic E-state index is 9.76. The number of likely N-dealkylation sites (N-methyl/N-ethyl adjacent to an activating group) is 1. The second kappa shape index (κ2) is 11.3. The first-order valence-corrected chi connectivity index (χ1v) is 11.4. The van der Waals surface area contributed by atoms with Gasteiger partial charge in [-0.2, -0.15) is 0 Å². The van der Waals surface area contributed by atoms with Crippen LogP contribution in [-0.4, -0.2) is 49.2 Å². The van der Waals surface area contributed by atoms with Gasteiger partial charge in [-0.05, 0) is 69.1 Å². The highest BCUT2D eigenvalue weighted by molar-refractivity contribution is 5.79. The molecule has 1 fully saturated rings. The van der Waals surface area contributed by atoms with Crippen LogP contribution in [0.4, 0.5) is 0 Å². The number of hydrogen-bond donors (Lipinski definition) is 1. The lowest BCUT2D eigenvalue weighted by Crippen LogP contribution is -2.51. The molecule has 3 atom stereocenters. The van der Waals surface area contributed by atoms with Crippen LogP contribution in [0.5, 0.6) is 0 Å². The number of allylic oxidation sites excluding steroid dienone is 1. The fraction of sp³-hybridized carbons (Fsp3) is 0.444. The largest absolute Gasteiger partial charge is 0.463 e. The average Bonchev–Trinajstić information content (AvgIpc) is 3.12. The summed E-state index contributed by atoms with van der Waals surface area (Å²) >= 11 is 0. The highest BCUT2D eigenvalue weighted by Gasteiger charge is 2.41. The number of benzene rings is 1. The van der Waals surface area contributed by atoms with Gasteiger partial charge in [-0.1, -0.05) is 43.0 Å². The Morgan fingerprint density at radius 1 is 1.25 bits per heavy atom. The number of aryl methyl sites for hydroxylation is 1. The zero-order chi connectivity index (χ0) is 23.1. The minimum atomic E-state index is 0.365. The number of piperidine rings is 1. The topological polar surface area (TPSA) is 46.5 Å². The standard InChI is InChI=1S/C19H29N3.C8H8O2/c1-6-15-16-8-13(10-20-3)11-21(4)18(16)9-14-12-22(5)17(7-2)19(14)15;9-7-10-6-8-4-2-1-3-5-8/h6-7,12-13,16,18,20H,2,8-11H2,1,3-5H3;1-5,7H,6H2/b15-6-;. The lowest BCUT2D eigenvalue weighted by Gasteiger charge is -2.46. The molecule has 4 rings (SSSR count). The Hall–Kier alpha value is -2.63. The summed E-state index contributed by atoms with van der Waals surface area (Å²) in [5.74, 6) is 1.39. The third-order valence-electron chi connectivity index (χ3n) is 6.75. The summed E-state index contributed by atoms with van der Waals surface area (Å²) in [4.78, 5) is 12.3. The van der Waals surface area contributed by atoms with Crippen LogP contribution < -0.4 is 5.32 Å². The number of carbonyl (C=O) groups is 1. The molecule has 0 radical (unpaired) electrons. The van der Waals surface area contributed by atoms with Gasteiger partial charge in [0.15, 0.2) is 0 Å². The number of fused-ring (bicyclic) bond motifs is 2. The molecule has 1 aliphatic carbocycles. The van der Waals surface area contributed by atoms with E-state index in [0.29, 0.717) is 25.0 Å². The molecular formula is C27H37N3O2. The van der Waals surface area contributed by atoms with Crippen LogP contribution in [-0.2, 0) is 29.6 Å². The molecule has 0 bridgehead atoms. The van der Waals surface area contributed by atoms with E-state index >= 15 is 0 Å². The van der Waals surface area contributed by atoms with Crippen LogP contribution in [0.2, 0.25) is 0 Å². The van der Waals surface area contributed by atoms with E-state index in [1.165, 1.54) is 41.8 Å². The molecule has 32 heavy (non-hydrogen) atoms. The minimum absolute atomic E-state index is 0.365. The van der Waals surface area contributed by atoms with Crippen LogP contribution in [0.1, 0.15) is 35.7 Å². The van der Waals surface area contributed by atoms with Gasteiger partial charge in [-0.25, -0.2) is 0 Å². The van der Waals surface area contributed by atoms with Crippen molar-refractivity contribution in [1.82, 2.24) is 14.8 Å². The molecule has 1 aromatic carbocycles. The maximum absolute atomic E-state index is 9.76. The molecule has 1 saturated heterocycles. The van der Waals surface area contributed by atoms with Crippen molar-refractivity contribution in [2.75, 3.05) is 27.2 Å². The maximum Gasteiger partial charge on any atom is 0.293 e. The van der Waals surface area contributed by atoms with Gasteiger partial charge in [-0.15, -0.1) is 0 Å². The van der Waals surface area contributed by atoms with Crippen LogP contribution in [0.25, 0.3) is 11.6 Å². The number of nitrogens with one attached hydrogen (secondary N) is 1. The number of rotatable bonds is 6. The van der Waals surface area contributed by atoms with Gasteiger partial charge < -0.3 is 19.5 Å². The number of aromatic nitrogens is 1. The Balaban J connectivity index is 0.000000243. The van der Waals surface area contributed by atoms with E-state index in [0.717, 1.165) is 18.0 Å². The van der Waals surface area contributed by atoms with E-state index in [1.54, 1.807) is 0 Å². The molecule has 172 valence electrons. The molecule has 2 heterocycles. The Morgan fingerprint density at radius 2 is 2.00 bits per heavy atom. The third kappa shape index (κ3) is 5.22. The number of nitrogens with zero attached hydrogens (tertiary/aromatic N) is 2. The van der Waals surface area contributed by atoms with Crippen molar-refractivity contribution in [2.45, 2.75) is 32.4 Å². The van der Waals surface area contributed by atoms with E-state index in [9.17, 15) is 4.79 Å². The predicted octanol–water partition coefficient (Wildman–Crippen LogP) is 4.14. The molecule has 3 unspecified atom stereocenters. The zero-order valence-corrected chi connectivity index (χ0v) is 19.9. The van der Waals surface area contributed by atoms with Crippen LogP contribution in [0.15, 0.2) is 49.2 Å². The second-order valence-corrected chi connectivity index (χ2v) is 8.84. The third-order valence-corrected chi connectivity index (χ3v) is 6.75. The van der Waals surface area contributed by atoms with Crippen molar-refractivity contribution in [1.29, 1.82) is 0 Å². The smallest absolute Gasteiger partial charge is 0.293 e.